The van der Waals surface area contributed by atoms with Crippen LogP contribution in [-0.4, -0.2) is 31.8 Å². The predicted octanol–water partition coefficient (Wildman–Crippen LogP) is 2.22. The van der Waals surface area contributed by atoms with Gasteiger partial charge < -0.3 is 9.26 Å². The molecular formula is C13H30N2O3Si. The molecule has 0 spiro atoms. The minimum atomic E-state index is -1.35. The van der Waals surface area contributed by atoms with Crippen molar-refractivity contribution in [2.45, 2.75) is 72.7 Å². The summed E-state index contributed by atoms with van der Waals surface area (Å²) in [4.78, 5) is 12.3. The minimum absolute atomic E-state index is 0.0406. The van der Waals surface area contributed by atoms with Crippen molar-refractivity contribution < 1.29 is 14.1 Å². The van der Waals surface area contributed by atoms with Crippen LogP contribution in [0, 0.1) is 5.41 Å². The van der Waals surface area contributed by atoms with Crippen LogP contribution in [0.25, 0.3) is 0 Å². The lowest BCUT2D eigenvalue weighted by Crippen LogP contribution is -2.51. The Hall–Kier alpha value is -0.433. The molecule has 5 nitrogen and oxygen atoms in total. The van der Waals surface area contributed by atoms with Crippen molar-refractivity contribution in [1.29, 1.82) is 0 Å². The zero-order valence-electron chi connectivity index (χ0n) is 13.6. The Morgan fingerprint density at radius 3 is 2.00 bits per heavy atom. The van der Waals surface area contributed by atoms with Crippen LogP contribution >= 0.6 is 0 Å². The van der Waals surface area contributed by atoms with E-state index in [-0.39, 0.29) is 11.4 Å². The highest BCUT2D eigenvalue weighted by Gasteiger charge is 2.33. The fourth-order valence-electron chi connectivity index (χ4n) is 1.54. The number of hydroxylamine groups is 1. The predicted molar refractivity (Wildman–Crippen MR) is 79.7 cm³/mol. The maximum absolute atomic E-state index is 12.3. The number of hydrogen-bond acceptors (Lipinski definition) is 5. The number of ether oxygens (including phenoxy) is 1. The minimum Gasteiger partial charge on any atom is -0.459 e. The number of nitrogens with two attached hydrogens (primary N) is 1. The van der Waals surface area contributed by atoms with Crippen molar-refractivity contribution >= 4 is 15.0 Å². The van der Waals surface area contributed by atoms with Gasteiger partial charge in [-0.25, -0.2) is 5.84 Å². The highest BCUT2D eigenvalue weighted by molar-refractivity contribution is 6.48. The molecule has 2 N–H and O–H groups in total. The van der Waals surface area contributed by atoms with Gasteiger partial charge in [0, 0.05) is 0 Å². The molecular weight excluding hydrogens is 260 g/mol. The van der Waals surface area contributed by atoms with Gasteiger partial charge in [0.05, 0.1) is 0 Å². The Morgan fingerprint density at radius 2 is 1.68 bits per heavy atom. The monoisotopic (exact) mass is 290 g/mol. The lowest BCUT2D eigenvalue weighted by atomic mass is 9.88. The fourth-order valence-corrected chi connectivity index (χ4v) is 2.18. The highest BCUT2D eigenvalue weighted by Crippen LogP contribution is 2.24. The van der Waals surface area contributed by atoms with Gasteiger partial charge in [0.25, 0.3) is 0 Å². The van der Waals surface area contributed by atoms with Crippen LogP contribution < -0.4 is 5.84 Å². The van der Waals surface area contributed by atoms with E-state index in [9.17, 15) is 4.79 Å². The topological polar surface area (TPSA) is 64.8 Å². The van der Waals surface area contributed by atoms with Gasteiger partial charge in [0.15, 0.2) is 0 Å². The molecule has 0 saturated heterocycles. The van der Waals surface area contributed by atoms with E-state index < -0.39 is 20.7 Å². The molecule has 19 heavy (non-hydrogen) atoms. The van der Waals surface area contributed by atoms with Gasteiger partial charge in [-0.05, 0) is 45.7 Å². The molecule has 0 aromatic heterocycles. The van der Waals surface area contributed by atoms with Crippen LogP contribution in [0.1, 0.15) is 48.0 Å². The number of esters is 1. The van der Waals surface area contributed by atoms with Gasteiger partial charge >= 0.3 is 5.97 Å². The van der Waals surface area contributed by atoms with Gasteiger partial charge in [-0.2, -0.15) is 0 Å². The summed E-state index contributed by atoms with van der Waals surface area (Å²) < 4.78 is 11.0. The third-order valence-electron chi connectivity index (χ3n) is 2.12. The quantitative estimate of drug-likeness (QED) is 0.364. The summed E-state index contributed by atoms with van der Waals surface area (Å²) in [5.41, 5.74) is -0.565. The molecule has 1 unspecified atom stereocenters. The largest absolute Gasteiger partial charge is 0.459 e. The van der Waals surface area contributed by atoms with Crippen molar-refractivity contribution in [3.63, 3.8) is 0 Å². The van der Waals surface area contributed by atoms with E-state index in [2.05, 4.69) is 20.8 Å². The van der Waals surface area contributed by atoms with E-state index in [1.54, 1.807) is 0 Å². The van der Waals surface area contributed by atoms with Gasteiger partial charge in [-0.3, -0.25) is 4.79 Å². The Labute approximate surface area is 119 Å². The third-order valence-corrected chi connectivity index (χ3v) is 2.79. The number of carbonyl (C=O) groups is 1. The molecule has 0 radical (unpaired) electrons. The first kappa shape index (κ1) is 18.6. The Bertz CT molecular complexity index is 295. The van der Waals surface area contributed by atoms with Crippen molar-refractivity contribution in [1.82, 2.24) is 5.17 Å². The van der Waals surface area contributed by atoms with Crippen molar-refractivity contribution in [3.05, 3.63) is 0 Å². The summed E-state index contributed by atoms with van der Waals surface area (Å²) in [6, 6.07) is -0.575. The molecule has 0 aliphatic heterocycles. The molecule has 0 aliphatic carbocycles. The van der Waals surface area contributed by atoms with Crippen molar-refractivity contribution in [2.24, 2.45) is 11.3 Å². The average Bonchev–Trinajstić information content (AvgIpc) is 2.08. The van der Waals surface area contributed by atoms with Crippen LogP contribution in [0.5, 0.6) is 0 Å². The zero-order chi connectivity index (χ0) is 15.4. The Balaban J connectivity index is 4.90. The maximum Gasteiger partial charge on any atom is 0.327 e. The number of carbonyl (C=O) groups excluding carboxylic acids is 1. The van der Waals surface area contributed by atoms with Gasteiger partial charge in [-0.15, -0.1) is 5.17 Å². The number of hydrogen-bond donors (Lipinski definition) is 1. The van der Waals surface area contributed by atoms with Crippen molar-refractivity contribution in [3.8, 4) is 0 Å². The van der Waals surface area contributed by atoms with Gasteiger partial charge in [0.1, 0.15) is 11.6 Å². The van der Waals surface area contributed by atoms with E-state index in [0.29, 0.717) is 6.42 Å². The molecule has 0 rings (SSSR count). The van der Waals surface area contributed by atoms with E-state index in [0.717, 1.165) is 0 Å². The smallest absolute Gasteiger partial charge is 0.327 e. The molecule has 0 amide bonds. The van der Waals surface area contributed by atoms with Crippen LogP contribution in [0.3, 0.4) is 0 Å². The SMILES string of the molecule is C[SiH](C)ON(N)C(CC(C)(C)C)C(=O)OC(C)(C)C. The number of nitrogens with zero attached hydrogens (tertiary/aromatic N) is 1. The summed E-state index contributed by atoms with van der Waals surface area (Å²) in [5.74, 6) is 5.56. The Kier molecular flexibility index (Phi) is 6.68. The van der Waals surface area contributed by atoms with Crippen LogP contribution in [0.2, 0.25) is 13.1 Å². The average molecular weight is 290 g/mol. The molecule has 1 atom stereocenters. The van der Waals surface area contributed by atoms with Gasteiger partial charge in [-0.1, -0.05) is 20.8 Å². The van der Waals surface area contributed by atoms with E-state index in [4.69, 9.17) is 15.1 Å². The summed E-state index contributed by atoms with van der Waals surface area (Å²) in [6.07, 6.45) is 0.583. The van der Waals surface area contributed by atoms with E-state index in [1.165, 1.54) is 5.17 Å². The molecule has 0 bridgehead atoms. The molecule has 0 saturated carbocycles. The van der Waals surface area contributed by atoms with Crippen LogP contribution in [0.4, 0.5) is 0 Å². The number of rotatable bonds is 5. The first-order valence-electron chi connectivity index (χ1n) is 6.75. The molecule has 0 aromatic rings. The molecule has 0 aliphatic rings. The Morgan fingerprint density at radius 1 is 1.21 bits per heavy atom. The summed E-state index contributed by atoms with van der Waals surface area (Å²) in [5, 5.41) is 1.19. The second-order valence-corrected chi connectivity index (χ2v) is 9.64. The molecule has 114 valence electrons. The van der Waals surface area contributed by atoms with E-state index in [1.807, 2.05) is 33.9 Å². The van der Waals surface area contributed by atoms with Crippen LogP contribution in [0.15, 0.2) is 0 Å². The standard InChI is InChI=1S/C13H30N2O3Si/c1-12(2,3)9-10(15(14)18-19(7)8)11(16)17-13(4,5)6/h10,19H,9,14H2,1-8H3. The second kappa shape index (κ2) is 6.83. The summed E-state index contributed by atoms with van der Waals surface area (Å²) in [6.45, 7) is 15.7. The molecule has 0 fully saturated rings. The highest BCUT2D eigenvalue weighted by atomic mass is 28.3. The number of hydrazine groups is 1. The van der Waals surface area contributed by atoms with Gasteiger partial charge in [0.2, 0.25) is 9.04 Å². The summed E-state index contributed by atoms with van der Waals surface area (Å²) >= 11 is 0. The third kappa shape index (κ3) is 9.15. The zero-order valence-corrected chi connectivity index (χ0v) is 14.8. The first-order valence-corrected chi connectivity index (χ1v) is 9.53. The van der Waals surface area contributed by atoms with Crippen LogP contribution in [-0.2, 0) is 14.1 Å². The molecule has 0 aromatic carbocycles. The second-order valence-electron chi connectivity index (χ2n) is 7.33. The molecule has 0 heterocycles. The fraction of sp³-hybridized carbons (Fsp3) is 0.923. The first-order chi connectivity index (χ1) is 8.32. The van der Waals surface area contributed by atoms with Crippen molar-refractivity contribution in [2.75, 3.05) is 0 Å². The summed E-state index contributed by atoms with van der Waals surface area (Å²) in [7, 11) is -1.35. The van der Waals surface area contributed by atoms with E-state index >= 15 is 0 Å². The lowest BCUT2D eigenvalue weighted by molar-refractivity contribution is -0.181. The lowest BCUT2D eigenvalue weighted by Gasteiger charge is -2.33. The normalized spacial score (nSPS) is 14.9. The maximum atomic E-state index is 12.3. The molecule has 6 heteroatoms.